The van der Waals surface area contributed by atoms with E-state index in [1.165, 1.54) is 17.5 Å². The fourth-order valence-corrected chi connectivity index (χ4v) is 5.30. The van der Waals surface area contributed by atoms with Gasteiger partial charge in [-0.2, -0.15) is 4.31 Å². The van der Waals surface area contributed by atoms with E-state index in [1.54, 1.807) is 22.1 Å². The van der Waals surface area contributed by atoms with E-state index in [0.29, 0.717) is 6.54 Å². The topological polar surface area (TPSA) is 68.1 Å². The maximum absolute atomic E-state index is 13.1. The van der Waals surface area contributed by atoms with Crippen LogP contribution in [0.3, 0.4) is 0 Å². The molecule has 0 radical (unpaired) electrons. The maximum Gasteiger partial charge on any atom is 0.262 e. The number of hydrogen-bond donors (Lipinski definition) is 0. The van der Waals surface area contributed by atoms with Crippen LogP contribution >= 0.6 is 0 Å². The number of sulfonamides is 1. The minimum Gasteiger partial charge on any atom is -0.339 e. The highest BCUT2D eigenvalue weighted by Crippen LogP contribution is 2.35. The van der Waals surface area contributed by atoms with Gasteiger partial charge in [-0.3, -0.25) is 4.98 Å². The summed E-state index contributed by atoms with van der Waals surface area (Å²) in [5, 5.41) is 0.0951. The van der Waals surface area contributed by atoms with Gasteiger partial charge in [0, 0.05) is 31.9 Å². The van der Waals surface area contributed by atoms with E-state index in [1.807, 2.05) is 18.2 Å². The van der Waals surface area contributed by atoms with Crippen molar-refractivity contribution in [1.29, 1.82) is 0 Å². The third-order valence-electron chi connectivity index (χ3n) is 5.13. The van der Waals surface area contributed by atoms with Gasteiger partial charge < -0.3 is 4.57 Å². The monoisotopic (exact) mass is 396 g/mol. The van der Waals surface area contributed by atoms with Crippen molar-refractivity contribution < 1.29 is 8.42 Å². The Morgan fingerprint density at radius 1 is 1.14 bits per heavy atom. The molecule has 7 heteroatoms. The quantitative estimate of drug-likeness (QED) is 0.664. The Morgan fingerprint density at radius 2 is 1.93 bits per heavy atom. The Morgan fingerprint density at radius 3 is 2.64 bits per heavy atom. The van der Waals surface area contributed by atoms with Gasteiger partial charge in [-0.15, -0.1) is 0 Å². The van der Waals surface area contributed by atoms with Gasteiger partial charge in [-0.05, 0) is 37.5 Å². The largest absolute Gasteiger partial charge is 0.339 e. The zero-order chi connectivity index (χ0) is 19.7. The molecule has 1 aliphatic heterocycles. The lowest BCUT2D eigenvalue weighted by Gasteiger charge is -2.23. The zero-order valence-electron chi connectivity index (χ0n) is 16.1. The SMILES string of the molecule is Cc1ccc(Cc2cccc([C@@H]3CCCN3S(=O)(=O)c3cn(C)cn3)n2)cc1. The van der Waals surface area contributed by atoms with E-state index in [-0.39, 0.29) is 11.1 Å². The van der Waals surface area contributed by atoms with Gasteiger partial charge >= 0.3 is 0 Å². The number of pyridine rings is 1. The Labute approximate surface area is 165 Å². The number of aromatic nitrogens is 3. The number of benzene rings is 1. The second kappa shape index (κ2) is 7.48. The number of nitrogens with zero attached hydrogens (tertiary/aromatic N) is 4. The van der Waals surface area contributed by atoms with Crippen molar-refractivity contribution in [2.75, 3.05) is 6.54 Å². The molecule has 1 aliphatic rings. The third-order valence-corrected chi connectivity index (χ3v) is 6.93. The van der Waals surface area contributed by atoms with Crippen LogP contribution in [0, 0.1) is 6.92 Å². The van der Waals surface area contributed by atoms with Gasteiger partial charge in [0.15, 0.2) is 5.03 Å². The van der Waals surface area contributed by atoms with Gasteiger partial charge in [0.2, 0.25) is 0 Å². The lowest BCUT2D eigenvalue weighted by atomic mass is 10.1. The molecule has 6 nitrogen and oxygen atoms in total. The first kappa shape index (κ1) is 18.8. The molecule has 0 aliphatic carbocycles. The van der Waals surface area contributed by atoms with Crippen LogP contribution in [-0.4, -0.2) is 33.8 Å². The van der Waals surface area contributed by atoms with E-state index in [9.17, 15) is 8.42 Å². The average molecular weight is 397 g/mol. The van der Waals surface area contributed by atoms with Crippen molar-refractivity contribution in [3.05, 3.63) is 77.5 Å². The van der Waals surface area contributed by atoms with Gasteiger partial charge in [-0.1, -0.05) is 35.9 Å². The molecule has 0 amide bonds. The third kappa shape index (κ3) is 3.72. The molecule has 1 aromatic carbocycles. The summed E-state index contributed by atoms with van der Waals surface area (Å²) >= 11 is 0. The summed E-state index contributed by atoms with van der Waals surface area (Å²) < 4.78 is 29.3. The first-order valence-electron chi connectivity index (χ1n) is 9.45. The fourth-order valence-electron chi connectivity index (χ4n) is 3.66. The molecular weight excluding hydrogens is 372 g/mol. The average Bonchev–Trinajstić information content (AvgIpc) is 3.34. The van der Waals surface area contributed by atoms with Gasteiger partial charge in [0.05, 0.1) is 18.1 Å². The van der Waals surface area contributed by atoms with Crippen LogP contribution in [-0.2, 0) is 23.5 Å². The van der Waals surface area contributed by atoms with E-state index >= 15 is 0 Å². The van der Waals surface area contributed by atoms with E-state index in [4.69, 9.17) is 4.98 Å². The molecule has 0 unspecified atom stereocenters. The minimum atomic E-state index is -3.63. The summed E-state index contributed by atoms with van der Waals surface area (Å²) in [7, 11) is -1.86. The summed E-state index contributed by atoms with van der Waals surface area (Å²) in [4.78, 5) is 8.86. The van der Waals surface area contributed by atoms with Crippen molar-refractivity contribution >= 4 is 10.0 Å². The second-order valence-electron chi connectivity index (χ2n) is 7.37. The Balaban J connectivity index is 1.60. The molecular formula is C21H24N4O2S. The van der Waals surface area contributed by atoms with Crippen LogP contribution in [0.4, 0.5) is 0 Å². The molecule has 4 rings (SSSR count). The lowest BCUT2D eigenvalue weighted by molar-refractivity contribution is 0.388. The molecule has 146 valence electrons. The van der Waals surface area contributed by atoms with Gasteiger partial charge in [-0.25, -0.2) is 13.4 Å². The van der Waals surface area contributed by atoms with Gasteiger partial charge in [0.1, 0.15) is 0 Å². The normalized spacial score (nSPS) is 17.9. The van der Waals surface area contributed by atoms with Crippen LogP contribution < -0.4 is 0 Å². The second-order valence-corrected chi connectivity index (χ2v) is 9.20. The molecule has 0 saturated carbocycles. The van der Waals surface area contributed by atoms with Crippen molar-refractivity contribution in [3.63, 3.8) is 0 Å². The van der Waals surface area contributed by atoms with Crippen molar-refractivity contribution in [3.8, 4) is 0 Å². The van der Waals surface area contributed by atoms with Crippen LogP contribution in [0.1, 0.15) is 41.4 Å². The standard InChI is InChI=1S/C21H24N4O2S/c1-16-8-10-17(11-9-16)13-18-5-3-6-19(23-18)20-7-4-12-25(20)28(26,27)21-14-24(2)15-22-21/h3,5-6,8-11,14-15,20H,4,7,12-13H2,1-2H3/t20-/m0/s1. The minimum absolute atomic E-state index is 0.0951. The van der Waals surface area contributed by atoms with Crippen molar-refractivity contribution in [1.82, 2.24) is 18.8 Å². The summed E-state index contributed by atoms with van der Waals surface area (Å²) in [6.45, 7) is 2.56. The maximum atomic E-state index is 13.1. The first-order valence-corrected chi connectivity index (χ1v) is 10.9. The predicted octanol–water partition coefficient (Wildman–Crippen LogP) is 3.24. The molecule has 0 spiro atoms. The summed E-state index contributed by atoms with van der Waals surface area (Å²) in [5.74, 6) is 0. The highest BCUT2D eigenvalue weighted by Gasteiger charge is 2.38. The van der Waals surface area contributed by atoms with Crippen LogP contribution in [0.5, 0.6) is 0 Å². The summed E-state index contributed by atoms with van der Waals surface area (Å²) in [6, 6.07) is 14.1. The number of hydrogen-bond acceptors (Lipinski definition) is 4. The molecule has 3 heterocycles. The predicted molar refractivity (Wildman–Crippen MR) is 107 cm³/mol. The van der Waals surface area contributed by atoms with Crippen LogP contribution in [0.15, 0.2) is 60.0 Å². The van der Waals surface area contributed by atoms with Crippen LogP contribution in [0.2, 0.25) is 0 Å². The Bertz CT molecular complexity index is 1070. The highest BCUT2D eigenvalue weighted by atomic mass is 32.2. The molecule has 28 heavy (non-hydrogen) atoms. The van der Waals surface area contributed by atoms with E-state index in [0.717, 1.165) is 30.7 Å². The molecule has 1 atom stereocenters. The number of rotatable bonds is 5. The summed E-state index contributed by atoms with van der Waals surface area (Å²) in [5.41, 5.74) is 4.18. The van der Waals surface area contributed by atoms with Crippen molar-refractivity contribution in [2.45, 2.75) is 37.3 Å². The molecule has 1 saturated heterocycles. The molecule has 1 fully saturated rings. The Kier molecular flexibility index (Phi) is 5.03. The smallest absolute Gasteiger partial charge is 0.262 e. The fraction of sp³-hybridized carbons (Fsp3) is 0.333. The van der Waals surface area contributed by atoms with Crippen molar-refractivity contribution in [2.24, 2.45) is 7.05 Å². The number of imidazole rings is 1. The van der Waals surface area contributed by atoms with E-state index < -0.39 is 10.0 Å². The highest BCUT2D eigenvalue weighted by molar-refractivity contribution is 7.89. The molecule has 0 bridgehead atoms. The Hall–Kier alpha value is -2.51. The number of aryl methyl sites for hydroxylation is 2. The summed E-state index contributed by atoms with van der Waals surface area (Å²) in [6.07, 6.45) is 5.38. The molecule has 2 aromatic heterocycles. The van der Waals surface area contributed by atoms with Gasteiger partial charge in [0.25, 0.3) is 10.0 Å². The molecule has 0 N–H and O–H groups in total. The molecule has 3 aromatic rings. The zero-order valence-corrected chi connectivity index (χ0v) is 16.9. The van der Waals surface area contributed by atoms with E-state index in [2.05, 4.69) is 36.2 Å². The first-order chi connectivity index (χ1) is 13.4. The lowest BCUT2D eigenvalue weighted by Crippen LogP contribution is -2.31. The van der Waals surface area contributed by atoms with Crippen LogP contribution in [0.25, 0.3) is 0 Å².